The lowest BCUT2D eigenvalue weighted by Crippen LogP contribution is -2.41. The summed E-state index contributed by atoms with van der Waals surface area (Å²) in [4.78, 5) is 20.9. The second-order valence-electron chi connectivity index (χ2n) is 4.81. The molecular weight excluding hydrogens is 377 g/mol. The molecule has 8 heteroatoms. The van der Waals surface area contributed by atoms with Gasteiger partial charge in [0.15, 0.2) is 5.16 Å². The van der Waals surface area contributed by atoms with Gasteiger partial charge in [0.2, 0.25) is 3.79 Å². The fraction of sp³-hybridized carbons (Fsp3) is 0.267. The Morgan fingerprint density at radius 3 is 2.22 bits per heavy atom. The lowest BCUT2D eigenvalue weighted by molar-refractivity contribution is 0.0950. The van der Waals surface area contributed by atoms with Crippen molar-refractivity contribution in [1.82, 2.24) is 15.3 Å². The molecule has 1 amide bonds. The Morgan fingerprint density at radius 1 is 1.13 bits per heavy atom. The van der Waals surface area contributed by atoms with Crippen molar-refractivity contribution < 1.29 is 4.79 Å². The van der Waals surface area contributed by atoms with E-state index in [-0.39, 0.29) is 5.91 Å². The van der Waals surface area contributed by atoms with Crippen LogP contribution >= 0.6 is 46.6 Å². The fourth-order valence-corrected chi connectivity index (χ4v) is 3.29. The Morgan fingerprint density at radius 2 is 1.70 bits per heavy atom. The molecule has 0 aliphatic rings. The maximum atomic E-state index is 12.3. The van der Waals surface area contributed by atoms with Crippen LogP contribution in [0.2, 0.25) is 0 Å². The summed E-state index contributed by atoms with van der Waals surface area (Å²) in [5, 5.41) is 2.31. The highest BCUT2D eigenvalue weighted by molar-refractivity contribution is 8.00. The minimum absolute atomic E-state index is 0.334. The lowest BCUT2D eigenvalue weighted by Gasteiger charge is -2.24. The molecule has 0 radical (unpaired) electrons. The Bertz CT molecular complexity index is 672. The van der Waals surface area contributed by atoms with E-state index in [1.807, 2.05) is 26.0 Å². The molecule has 0 aliphatic carbocycles. The Balaban J connectivity index is 2.19. The summed E-state index contributed by atoms with van der Waals surface area (Å²) in [6.07, 6.45) is 0. The molecule has 1 atom stereocenters. The average Bonchev–Trinajstić information content (AvgIpc) is 2.45. The number of alkyl halides is 3. The van der Waals surface area contributed by atoms with Crippen LogP contribution < -0.4 is 5.32 Å². The first kappa shape index (κ1) is 18.3. The van der Waals surface area contributed by atoms with Crippen LogP contribution in [0, 0.1) is 13.8 Å². The van der Waals surface area contributed by atoms with E-state index in [2.05, 4.69) is 15.3 Å². The van der Waals surface area contributed by atoms with Gasteiger partial charge in [-0.25, -0.2) is 9.97 Å². The van der Waals surface area contributed by atoms with Gasteiger partial charge in [-0.3, -0.25) is 4.79 Å². The van der Waals surface area contributed by atoms with E-state index in [0.717, 1.165) is 23.1 Å². The van der Waals surface area contributed by atoms with Crippen LogP contribution in [0.4, 0.5) is 0 Å². The van der Waals surface area contributed by atoms with Gasteiger partial charge in [-0.1, -0.05) is 64.8 Å². The summed E-state index contributed by atoms with van der Waals surface area (Å²) in [5.74, 6) is -0.334. The third-order valence-electron chi connectivity index (χ3n) is 2.78. The standard InChI is InChI=1S/C15H14Cl3N3OS/c1-9-8-10(2)20-14(19-9)23-13(15(16,17)18)21-12(22)11-6-4-3-5-7-11/h3-8,13H,1-2H3,(H,21,22). The number of thioether (sulfide) groups is 1. The summed E-state index contributed by atoms with van der Waals surface area (Å²) in [7, 11) is 0. The second kappa shape index (κ2) is 7.71. The Labute approximate surface area is 153 Å². The number of halogens is 3. The minimum Gasteiger partial charge on any atom is -0.336 e. The third-order valence-corrected chi connectivity index (χ3v) is 4.92. The monoisotopic (exact) mass is 389 g/mol. The van der Waals surface area contributed by atoms with Gasteiger partial charge >= 0.3 is 0 Å². The normalized spacial score (nSPS) is 12.7. The van der Waals surface area contributed by atoms with Gasteiger partial charge in [-0.15, -0.1) is 0 Å². The van der Waals surface area contributed by atoms with Crippen molar-refractivity contribution in [3.8, 4) is 0 Å². The first-order chi connectivity index (χ1) is 10.8. The van der Waals surface area contributed by atoms with Crippen molar-refractivity contribution in [3.63, 3.8) is 0 Å². The number of carbonyl (C=O) groups is 1. The third kappa shape index (κ3) is 5.53. The quantitative estimate of drug-likeness (QED) is 0.366. The summed E-state index contributed by atoms with van der Waals surface area (Å²) in [5.41, 5.74) is 2.09. The molecule has 4 nitrogen and oxygen atoms in total. The molecule has 2 rings (SSSR count). The maximum Gasteiger partial charge on any atom is 0.252 e. The zero-order valence-electron chi connectivity index (χ0n) is 12.4. The summed E-state index contributed by atoms with van der Waals surface area (Å²) in [6.45, 7) is 3.71. The van der Waals surface area contributed by atoms with Gasteiger partial charge in [0.25, 0.3) is 5.91 Å². The maximum absolute atomic E-state index is 12.3. The van der Waals surface area contributed by atoms with Crippen molar-refractivity contribution in [1.29, 1.82) is 0 Å². The molecule has 0 bridgehead atoms. The van der Waals surface area contributed by atoms with E-state index in [0.29, 0.717) is 10.7 Å². The molecule has 1 unspecified atom stereocenters. The van der Waals surface area contributed by atoms with Crippen LogP contribution in [-0.4, -0.2) is 25.0 Å². The molecule has 122 valence electrons. The van der Waals surface area contributed by atoms with Crippen LogP contribution in [-0.2, 0) is 0 Å². The molecule has 0 aliphatic heterocycles. The lowest BCUT2D eigenvalue weighted by atomic mass is 10.2. The molecule has 1 aromatic carbocycles. The van der Waals surface area contributed by atoms with Gasteiger partial charge in [0.1, 0.15) is 5.37 Å². The van der Waals surface area contributed by atoms with Crippen LogP contribution in [0.5, 0.6) is 0 Å². The largest absolute Gasteiger partial charge is 0.336 e. The number of aromatic nitrogens is 2. The van der Waals surface area contributed by atoms with Crippen molar-refractivity contribution in [2.75, 3.05) is 0 Å². The Hall–Kier alpha value is -1.01. The predicted octanol–water partition coefficient (Wildman–Crippen LogP) is 4.31. The van der Waals surface area contributed by atoms with E-state index in [1.165, 1.54) is 0 Å². The van der Waals surface area contributed by atoms with Crippen molar-refractivity contribution in [2.24, 2.45) is 0 Å². The zero-order chi connectivity index (χ0) is 17.0. The number of amides is 1. The molecule has 1 aromatic heterocycles. The minimum atomic E-state index is -1.71. The SMILES string of the molecule is Cc1cc(C)nc(SC(NC(=O)c2ccccc2)C(Cl)(Cl)Cl)n1. The number of rotatable bonds is 4. The first-order valence-electron chi connectivity index (χ1n) is 6.67. The van der Waals surface area contributed by atoms with Crippen molar-refractivity contribution in [3.05, 3.63) is 53.3 Å². The topological polar surface area (TPSA) is 54.9 Å². The van der Waals surface area contributed by atoms with Gasteiger partial charge < -0.3 is 5.32 Å². The van der Waals surface area contributed by atoms with E-state index < -0.39 is 9.17 Å². The van der Waals surface area contributed by atoms with Crippen molar-refractivity contribution in [2.45, 2.75) is 28.2 Å². The molecule has 1 heterocycles. The molecule has 1 N–H and O–H groups in total. The Kier molecular flexibility index (Phi) is 6.14. The number of nitrogens with one attached hydrogen (secondary N) is 1. The van der Waals surface area contributed by atoms with E-state index >= 15 is 0 Å². The summed E-state index contributed by atoms with van der Waals surface area (Å²) >= 11 is 19.1. The fourth-order valence-electron chi connectivity index (χ4n) is 1.82. The van der Waals surface area contributed by atoms with Gasteiger partial charge in [-0.2, -0.15) is 0 Å². The molecule has 0 saturated heterocycles. The van der Waals surface area contributed by atoms with Crippen LogP contribution in [0.25, 0.3) is 0 Å². The number of hydrogen-bond donors (Lipinski definition) is 1. The highest BCUT2D eigenvalue weighted by atomic mass is 35.6. The van der Waals surface area contributed by atoms with Crippen molar-refractivity contribution >= 4 is 52.5 Å². The first-order valence-corrected chi connectivity index (χ1v) is 8.68. The molecule has 23 heavy (non-hydrogen) atoms. The van der Waals surface area contributed by atoms with Crippen LogP contribution in [0.1, 0.15) is 21.7 Å². The molecular formula is C15H14Cl3N3OS. The summed E-state index contributed by atoms with van der Waals surface area (Å²) in [6, 6.07) is 10.6. The smallest absolute Gasteiger partial charge is 0.252 e. The number of hydrogen-bond acceptors (Lipinski definition) is 4. The number of carbonyl (C=O) groups excluding carboxylic acids is 1. The van der Waals surface area contributed by atoms with Gasteiger partial charge in [0, 0.05) is 17.0 Å². The van der Waals surface area contributed by atoms with Gasteiger partial charge in [0.05, 0.1) is 0 Å². The molecule has 0 saturated carbocycles. The highest BCUT2D eigenvalue weighted by Gasteiger charge is 2.36. The summed E-state index contributed by atoms with van der Waals surface area (Å²) < 4.78 is -1.71. The molecule has 2 aromatic rings. The predicted molar refractivity (Wildman–Crippen MR) is 95.3 cm³/mol. The zero-order valence-corrected chi connectivity index (χ0v) is 15.5. The van der Waals surface area contributed by atoms with Crippen LogP contribution in [0.3, 0.4) is 0 Å². The second-order valence-corrected chi connectivity index (χ2v) is 8.25. The van der Waals surface area contributed by atoms with Gasteiger partial charge in [-0.05, 0) is 32.0 Å². The highest BCUT2D eigenvalue weighted by Crippen LogP contribution is 2.38. The van der Waals surface area contributed by atoms with Crippen LogP contribution in [0.15, 0.2) is 41.6 Å². The molecule has 0 fully saturated rings. The van der Waals surface area contributed by atoms with E-state index in [1.54, 1.807) is 24.3 Å². The number of nitrogens with zero attached hydrogens (tertiary/aromatic N) is 2. The average molecular weight is 391 g/mol. The number of aryl methyl sites for hydroxylation is 2. The van der Waals surface area contributed by atoms with E-state index in [9.17, 15) is 4.79 Å². The van der Waals surface area contributed by atoms with E-state index in [4.69, 9.17) is 34.8 Å². The molecule has 0 spiro atoms. The number of benzene rings is 1.